The van der Waals surface area contributed by atoms with Crippen molar-refractivity contribution >= 4 is 27.6 Å². The molecule has 86 valence electrons. The number of nitrogens with zero attached hydrogens (tertiary/aromatic N) is 1. The fourth-order valence-corrected chi connectivity index (χ4v) is 2.69. The van der Waals surface area contributed by atoms with Gasteiger partial charge in [-0.3, -0.25) is 9.59 Å². The van der Waals surface area contributed by atoms with E-state index in [1.807, 2.05) is 6.92 Å². The number of amides is 1. The van der Waals surface area contributed by atoms with Crippen molar-refractivity contribution in [2.75, 3.05) is 13.7 Å². The van der Waals surface area contributed by atoms with Gasteiger partial charge in [0.2, 0.25) is 5.78 Å². The number of rotatable bonds is 2. The van der Waals surface area contributed by atoms with Crippen LogP contribution in [-0.2, 0) is 14.3 Å². The van der Waals surface area contributed by atoms with E-state index in [2.05, 4.69) is 15.9 Å². The fraction of sp³-hybridized carbons (Fsp3) is 0.455. The summed E-state index contributed by atoms with van der Waals surface area (Å²) in [6.45, 7) is 2.37. The molecular formula is C11H12BrNO3. The molecular weight excluding hydrogens is 274 g/mol. The number of hydrogen-bond acceptors (Lipinski definition) is 3. The zero-order valence-electron chi connectivity index (χ0n) is 9.12. The number of likely N-dealkylation sites (tertiary alicyclic amines) is 1. The topological polar surface area (TPSA) is 46.6 Å². The average Bonchev–Trinajstić information content (AvgIpc) is 2.51. The third-order valence-electron chi connectivity index (χ3n) is 2.91. The molecule has 0 saturated carbocycles. The van der Waals surface area contributed by atoms with Crippen molar-refractivity contribution in [3.63, 3.8) is 0 Å². The molecule has 0 aromatic rings. The van der Waals surface area contributed by atoms with Crippen LogP contribution in [0.1, 0.15) is 13.3 Å². The highest BCUT2D eigenvalue weighted by Gasteiger charge is 2.44. The number of hydrogen-bond donors (Lipinski definition) is 0. The lowest BCUT2D eigenvalue weighted by Gasteiger charge is -2.22. The van der Waals surface area contributed by atoms with Crippen molar-refractivity contribution in [3.8, 4) is 0 Å². The fourth-order valence-electron chi connectivity index (χ4n) is 2.09. The van der Waals surface area contributed by atoms with Gasteiger partial charge in [-0.2, -0.15) is 0 Å². The number of ether oxygens (including phenoxy) is 1. The summed E-state index contributed by atoms with van der Waals surface area (Å²) >= 11 is 3.37. The normalized spacial score (nSPS) is 24.8. The first kappa shape index (κ1) is 11.4. The Morgan fingerprint density at radius 1 is 1.56 bits per heavy atom. The van der Waals surface area contributed by atoms with E-state index in [1.165, 1.54) is 4.90 Å². The molecule has 1 fully saturated rings. The summed E-state index contributed by atoms with van der Waals surface area (Å²) in [7, 11) is 1.57. The molecule has 0 N–H and O–H groups in total. The van der Waals surface area contributed by atoms with Crippen LogP contribution in [0.25, 0.3) is 0 Å². The molecule has 1 heterocycles. The smallest absolute Gasteiger partial charge is 0.294 e. The highest BCUT2D eigenvalue weighted by molar-refractivity contribution is 9.11. The number of methoxy groups -OCH3 is 1. The third-order valence-corrected chi connectivity index (χ3v) is 3.62. The Bertz CT molecular complexity index is 421. The predicted molar refractivity (Wildman–Crippen MR) is 61.5 cm³/mol. The second kappa shape index (κ2) is 4.05. The number of allylic oxidation sites excluding steroid dienone is 3. The lowest BCUT2D eigenvalue weighted by atomic mass is 9.95. The quantitative estimate of drug-likeness (QED) is 0.724. The minimum absolute atomic E-state index is 0.319. The maximum absolute atomic E-state index is 11.7. The molecule has 0 radical (unpaired) electrons. The van der Waals surface area contributed by atoms with Gasteiger partial charge in [-0.25, -0.2) is 0 Å². The molecule has 1 unspecified atom stereocenters. The molecule has 2 aliphatic rings. The maximum Gasteiger partial charge on any atom is 0.294 e. The van der Waals surface area contributed by atoms with Crippen LogP contribution in [0.4, 0.5) is 0 Å². The van der Waals surface area contributed by atoms with Crippen LogP contribution in [0.2, 0.25) is 0 Å². The van der Waals surface area contributed by atoms with Gasteiger partial charge in [-0.1, -0.05) is 15.9 Å². The van der Waals surface area contributed by atoms with Crippen molar-refractivity contribution in [2.45, 2.75) is 13.3 Å². The predicted octanol–water partition coefficient (Wildman–Crippen LogP) is 1.57. The van der Waals surface area contributed by atoms with Crippen molar-refractivity contribution in [2.24, 2.45) is 5.92 Å². The van der Waals surface area contributed by atoms with Crippen LogP contribution < -0.4 is 0 Å². The number of Topliss-reactive ketones (excluding diaryl/α,β-unsaturated/α-hetero) is 1. The zero-order valence-corrected chi connectivity index (χ0v) is 10.7. The van der Waals surface area contributed by atoms with Crippen LogP contribution in [0.3, 0.4) is 0 Å². The largest absolute Gasteiger partial charge is 0.496 e. The van der Waals surface area contributed by atoms with Gasteiger partial charge in [0.15, 0.2) is 0 Å². The van der Waals surface area contributed by atoms with Gasteiger partial charge < -0.3 is 9.64 Å². The Kier molecular flexibility index (Phi) is 2.88. The van der Waals surface area contributed by atoms with E-state index in [-0.39, 0.29) is 11.7 Å². The zero-order chi connectivity index (χ0) is 11.9. The number of fused-ring (bicyclic) bond motifs is 1. The van der Waals surface area contributed by atoms with Crippen LogP contribution >= 0.6 is 15.9 Å². The Hall–Kier alpha value is -1.10. The molecule has 0 aromatic heterocycles. The molecule has 1 atom stereocenters. The average molecular weight is 286 g/mol. The van der Waals surface area contributed by atoms with Crippen LogP contribution in [0, 0.1) is 5.92 Å². The Balaban J connectivity index is 2.44. The molecule has 1 aliphatic heterocycles. The molecule has 0 bridgehead atoms. The van der Waals surface area contributed by atoms with E-state index in [4.69, 9.17) is 4.74 Å². The van der Waals surface area contributed by atoms with E-state index >= 15 is 0 Å². The Labute approximate surface area is 102 Å². The lowest BCUT2D eigenvalue weighted by Crippen LogP contribution is -2.26. The highest BCUT2D eigenvalue weighted by Crippen LogP contribution is 2.39. The molecule has 16 heavy (non-hydrogen) atoms. The molecule has 1 saturated heterocycles. The van der Waals surface area contributed by atoms with E-state index in [0.29, 0.717) is 18.7 Å². The Morgan fingerprint density at radius 2 is 2.25 bits per heavy atom. The molecule has 0 spiro atoms. The SMILES string of the molecule is CCN1C(=O)C(=O)C2CC(Br)=C(OC)C=C21. The molecule has 4 nitrogen and oxygen atoms in total. The summed E-state index contributed by atoms with van der Waals surface area (Å²) in [4.78, 5) is 24.9. The van der Waals surface area contributed by atoms with Gasteiger partial charge in [0.25, 0.3) is 5.91 Å². The van der Waals surface area contributed by atoms with Gasteiger partial charge in [0, 0.05) is 22.8 Å². The Morgan fingerprint density at radius 3 is 2.81 bits per heavy atom. The summed E-state index contributed by atoms with van der Waals surface area (Å²) in [5.41, 5.74) is 0.762. The minimum atomic E-state index is -0.406. The van der Waals surface area contributed by atoms with E-state index in [1.54, 1.807) is 13.2 Å². The lowest BCUT2D eigenvalue weighted by molar-refractivity contribution is -0.140. The van der Waals surface area contributed by atoms with Crippen molar-refractivity contribution in [1.29, 1.82) is 0 Å². The van der Waals surface area contributed by atoms with Crippen molar-refractivity contribution in [1.82, 2.24) is 4.90 Å². The molecule has 5 heteroatoms. The highest BCUT2D eigenvalue weighted by atomic mass is 79.9. The molecule has 1 amide bonds. The summed E-state index contributed by atoms with van der Waals surface area (Å²) in [5.74, 6) is -0.371. The van der Waals surface area contributed by atoms with Gasteiger partial charge in [0.05, 0.1) is 13.0 Å². The maximum atomic E-state index is 11.7. The van der Waals surface area contributed by atoms with Gasteiger partial charge >= 0.3 is 0 Å². The summed E-state index contributed by atoms with van der Waals surface area (Å²) in [5, 5.41) is 0. The van der Waals surface area contributed by atoms with Gasteiger partial charge in [-0.15, -0.1) is 0 Å². The van der Waals surface area contributed by atoms with Gasteiger partial charge in [0.1, 0.15) is 5.76 Å². The summed E-state index contributed by atoms with van der Waals surface area (Å²) in [6, 6.07) is 0. The van der Waals surface area contributed by atoms with E-state index in [9.17, 15) is 9.59 Å². The first-order chi connectivity index (χ1) is 7.60. The van der Waals surface area contributed by atoms with Crippen LogP contribution in [0.5, 0.6) is 0 Å². The van der Waals surface area contributed by atoms with Crippen LogP contribution in [0.15, 0.2) is 22.0 Å². The first-order valence-electron chi connectivity index (χ1n) is 5.10. The number of ketones is 1. The molecule has 2 rings (SSSR count). The van der Waals surface area contributed by atoms with Crippen molar-refractivity contribution in [3.05, 3.63) is 22.0 Å². The van der Waals surface area contributed by atoms with E-state index < -0.39 is 5.91 Å². The minimum Gasteiger partial charge on any atom is -0.496 e. The molecule has 1 aliphatic carbocycles. The first-order valence-corrected chi connectivity index (χ1v) is 5.89. The third kappa shape index (κ3) is 1.50. The number of carbonyl (C=O) groups excluding carboxylic acids is 2. The monoisotopic (exact) mass is 285 g/mol. The van der Waals surface area contributed by atoms with Gasteiger partial charge in [-0.05, 0) is 13.3 Å². The number of likely N-dealkylation sites (N-methyl/N-ethyl adjacent to an activating group) is 1. The summed E-state index contributed by atoms with van der Waals surface area (Å²) < 4.78 is 6.02. The molecule has 0 aromatic carbocycles. The standard InChI is InChI=1S/C11H12BrNO3/c1-3-13-8-5-9(16-2)7(12)4-6(8)10(14)11(13)15/h5-6H,3-4H2,1-2H3. The summed E-state index contributed by atoms with van der Waals surface area (Å²) in [6.07, 6.45) is 2.28. The van der Waals surface area contributed by atoms with Crippen molar-refractivity contribution < 1.29 is 14.3 Å². The van der Waals surface area contributed by atoms with E-state index in [0.717, 1.165) is 10.2 Å². The number of carbonyl (C=O) groups is 2. The second-order valence-electron chi connectivity index (χ2n) is 3.71. The number of halogens is 1. The second-order valence-corrected chi connectivity index (χ2v) is 4.67. The van der Waals surface area contributed by atoms with Crippen LogP contribution in [-0.4, -0.2) is 30.2 Å².